The zero-order valence-corrected chi connectivity index (χ0v) is 18.4. The summed E-state index contributed by atoms with van der Waals surface area (Å²) in [6.07, 6.45) is 3.99. The Kier molecular flexibility index (Phi) is 7.46. The fourth-order valence-corrected chi connectivity index (χ4v) is 4.76. The Labute approximate surface area is 186 Å². The van der Waals surface area contributed by atoms with Crippen LogP contribution in [0.1, 0.15) is 47.8 Å². The molecule has 0 unspecified atom stereocenters. The predicted octanol–water partition coefficient (Wildman–Crippen LogP) is 3.14. The van der Waals surface area contributed by atoms with Gasteiger partial charge in [0.05, 0.1) is 12.6 Å². The largest absolute Gasteiger partial charge is 0.381 e. The van der Waals surface area contributed by atoms with Crippen LogP contribution in [0.5, 0.6) is 0 Å². The van der Waals surface area contributed by atoms with E-state index in [0.29, 0.717) is 35.8 Å². The van der Waals surface area contributed by atoms with Gasteiger partial charge in [-0.2, -0.15) is 5.26 Å². The highest BCUT2D eigenvalue weighted by Gasteiger charge is 2.22. The van der Waals surface area contributed by atoms with Gasteiger partial charge in [0.15, 0.2) is 5.13 Å². The Balaban J connectivity index is 1.31. The smallest absolute Gasteiger partial charge is 0.270 e. The van der Waals surface area contributed by atoms with Crippen molar-refractivity contribution in [2.24, 2.45) is 5.92 Å². The van der Waals surface area contributed by atoms with Crippen molar-refractivity contribution in [2.45, 2.75) is 31.6 Å². The van der Waals surface area contributed by atoms with Crippen LogP contribution < -0.4 is 10.6 Å². The van der Waals surface area contributed by atoms with Crippen LogP contribution >= 0.6 is 11.3 Å². The Hall–Kier alpha value is -2.54. The lowest BCUT2D eigenvalue weighted by atomic mass is 9.93. The number of rotatable bonds is 7. The second-order valence-corrected chi connectivity index (χ2v) is 8.94. The third kappa shape index (κ3) is 6.00. The Bertz CT molecular complexity index is 913. The molecule has 4 heterocycles. The van der Waals surface area contributed by atoms with Gasteiger partial charge in [0.2, 0.25) is 0 Å². The Morgan fingerprint density at radius 3 is 2.81 bits per heavy atom. The summed E-state index contributed by atoms with van der Waals surface area (Å²) < 4.78 is 5.36. The van der Waals surface area contributed by atoms with Crippen LogP contribution in [0, 0.1) is 17.2 Å². The normalized spacial score (nSPS) is 18.4. The topological polar surface area (TPSA) is 103 Å². The minimum atomic E-state index is -0.137. The summed E-state index contributed by atoms with van der Waals surface area (Å²) in [5.74, 6) is 1.48. The number of piperidine rings is 1. The van der Waals surface area contributed by atoms with E-state index in [1.54, 1.807) is 5.38 Å². The zero-order chi connectivity index (χ0) is 21.5. The number of nitriles is 1. The number of aromatic nitrogens is 2. The van der Waals surface area contributed by atoms with Gasteiger partial charge in [0.1, 0.15) is 11.5 Å². The number of carbonyl (C=O) groups excluding carboxylic acids is 1. The van der Waals surface area contributed by atoms with Crippen LogP contribution in [0.3, 0.4) is 0 Å². The van der Waals surface area contributed by atoms with Crippen molar-refractivity contribution in [1.29, 1.82) is 5.26 Å². The molecule has 4 rings (SSSR count). The molecule has 1 amide bonds. The maximum absolute atomic E-state index is 12.4. The van der Waals surface area contributed by atoms with Gasteiger partial charge >= 0.3 is 0 Å². The van der Waals surface area contributed by atoms with Crippen LogP contribution in [0.4, 0.5) is 10.9 Å². The SMILES string of the molecule is N#CCN1CCC(c2cccc(Nc3nc(C(=O)NCC4CCOCC4)cs3)n2)CC1. The molecule has 8 nitrogen and oxygen atoms in total. The predicted molar refractivity (Wildman–Crippen MR) is 120 cm³/mol. The summed E-state index contributed by atoms with van der Waals surface area (Å²) >= 11 is 1.40. The highest BCUT2D eigenvalue weighted by Crippen LogP contribution is 2.28. The first-order valence-corrected chi connectivity index (χ1v) is 11.7. The summed E-state index contributed by atoms with van der Waals surface area (Å²) in [6, 6.07) is 8.20. The number of anilines is 2. The molecule has 0 bridgehead atoms. The zero-order valence-electron chi connectivity index (χ0n) is 17.5. The fraction of sp³-hybridized carbons (Fsp3) is 0.545. The number of hydrogen-bond donors (Lipinski definition) is 2. The van der Waals surface area contributed by atoms with Crippen LogP contribution in [-0.2, 0) is 4.74 Å². The fourth-order valence-electron chi connectivity index (χ4n) is 4.06. The van der Waals surface area contributed by atoms with Crippen molar-refractivity contribution in [3.8, 4) is 6.07 Å². The first kappa shape index (κ1) is 21.7. The van der Waals surface area contributed by atoms with Crippen molar-refractivity contribution < 1.29 is 9.53 Å². The second-order valence-electron chi connectivity index (χ2n) is 8.08. The quantitative estimate of drug-likeness (QED) is 0.638. The molecule has 0 saturated carbocycles. The number of hydrogen-bond acceptors (Lipinski definition) is 8. The van der Waals surface area contributed by atoms with Crippen molar-refractivity contribution in [3.63, 3.8) is 0 Å². The molecule has 2 aromatic heterocycles. The molecule has 0 spiro atoms. The van der Waals surface area contributed by atoms with E-state index in [-0.39, 0.29) is 5.91 Å². The summed E-state index contributed by atoms with van der Waals surface area (Å²) in [6.45, 7) is 4.57. The van der Waals surface area contributed by atoms with Gasteiger partial charge in [0, 0.05) is 36.8 Å². The highest BCUT2D eigenvalue weighted by atomic mass is 32.1. The van der Waals surface area contributed by atoms with Gasteiger partial charge in [-0.05, 0) is 56.8 Å². The van der Waals surface area contributed by atoms with E-state index >= 15 is 0 Å². The van der Waals surface area contributed by atoms with Crippen LogP contribution in [-0.4, -0.2) is 60.2 Å². The van der Waals surface area contributed by atoms with E-state index in [2.05, 4.69) is 32.7 Å². The molecule has 2 saturated heterocycles. The first-order chi connectivity index (χ1) is 15.2. The highest BCUT2D eigenvalue weighted by molar-refractivity contribution is 7.14. The third-order valence-corrected chi connectivity index (χ3v) is 6.69. The van der Waals surface area contributed by atoms with E-state index in [4.69, 9.17) is 15.0 Å². The molecular formula is C22H28N6O2S. The van der Waals surface area contributed by atoms with Crippen molar-refractivity contribution in [1.82, 2.24) is 20.2 Å². The van der Waals surface area contributed by atoms with Gasteiger partial charge in [-0.25, -0.2) is 9.97 Å². The van der Waals surface area contributed by atoms with Crippen molar-refractivity contribution in [3.05, 3.63) is 35.0 Å². The molecule has 2 N–H and O–H groups in total. The molecule has 0 aromatic carbocycles. The molecule has 0 radical (unpaired) electrons. The minimum absolute atomic E-state index is 0.137. The van der Waals surface area contributed by atoms with Crippen LogP contribution in [0.25, 0.3) is 0 Å². The summed E-state index contributed by atoms with van der Waals surface area (Å²) in [5, 5.41) is 17.5. The molecule has 0 atom stereocenters. The maximum Gasteiger partial charge on any atom is 0.270 e. The second kappa shape index (κ2) is 10.7. The number of thiazole rings is 1. The van der Waals surface area contributed by atoms with E-state index in [0.717, 1.165) is 63.5 Å². The molecule has 2 aliphatic rings. The molecule has 31 heavy (non-hydrogen) atoms. The number of nitrogens with one attached hydrogen (secondary N) is 2. The molecule has 0 aliphatic carbocycles. The van der Waals surface area contributed by atoms with Crippen LogP contribution in [0.15, 0.2) is 23.6 Å². The van der Waals surface area contributed by atoms with E-state index < -0.39 is 0 Å². The molecule has 164 valence electrons. The monoisotopic (exact) mass is 440 g/mol. The minimum Gasteiger partial charge on any atom is -0.381 e. The van der Waals surface area contributed by atoms with E-state index in [1.807, 2.05) is 12.1 Å². The number of pyridine rings is 1. The molecule has 2 aromatic rings. The number of likely N-dealkylation sites (tertiary alicyclic amines) is 1. The lowest BCUT2D eigenvalue weighted by Crippen LogP contribution is -2.33. The van der Waals surface area contributed by atoms with Gasteiger partial charge in [-0.3, -0.25) is 9.69 Å². The number of amides is 1. The lowest BCUT2D eigenvalue weighted by molar-refractivity contribution is 0.0642. The number of ether oxygens (including phenoxy) is 1. The van der Waals surface area contributed by atoms with E-state index in [9.17, 15) is 4.79 Å². The van der Waals surface area contributed by atoms with Gasteiger partial charge in [-0.15, -0.1) is 11.3 Å². The lowest BCUT2D eigenvalue weighted by Gasteiger charge is -2.29. The Morgan fingerprint density at radius 2 is 2.03 bits per heavy atom. The number of carbonyl (C=O) groups is 1. The number of nitrogens with zero attached hydrogens (tertiary/aromatic N) is 4. The third-order valence-electron chi connectivity index (χ3n) is 5.93. The summed E-state index contributed by atoms with van der Waals surface area (Å²) in [5.41, 5.74) is 1.49. The maximum atomic E-state index is 12.4. The van der Waals surface area contributed by atoms with E-state index in [1.165, 1.54) is 11.3 Å². The summed E-state index contributed by atoms with van der Waals surface area (Å²) in [4.78, 5) is 23.8. The molecular weight excluding hydrogens is 412 g/mol. The van der Waals surface area contributed by atoms with Gasteiger partial charge in [-0.1, -0.05) is 6.07 Å². The van der Waals surface area contributed by atoms with Crippen LogP contribution in [0.2, 0.25) is 0 Å². The summed E-state index contributed by atoms with van der Waals surface area (Å²) in [7, 11) is 0. The standard InChI is InChI=1S/C22H28N6O2S/c23-8-11-28-9-4-17(5-10-28)18-2-1-3-20(25-18)27-22-26-19(15-31-22)21(29)24-14-16-6-12-30-13-7-16/h1-3,15-17H,4-7,9-14H2,(H,24,29)(H,25,26,27). The first-order valence-electron chi connectivity index (χ1n) is 10.9. The van der Waals surface area contributed by atoms with Gasteiger partial charge in [0.25, 0.3) is 5.91 Å². The Morgan fingerprint density at radius 1 is 1.23 bits per heavy atom. The molecule has 9 heteroatoms. The molecule has 2 fully saturated rings. The van der Waals surface area contributed by atoms with Crippen molar-refractivity contribution >= 4 is 28.2 Å². The van der Waals surface area contributed by atoms with Crippen molar-refractivity contribution in [2.75, 3.05) is 44.7 Å². The molecule has 2 aliphatic heterocycles. The van der Waals surface area contributed by atoms with Gasteiger partial charge < -0.3 is 15.4 Å². The average molecular weight is 441 g/mol. The average Bonchev–Trinajstić information content (AvgIpc) is 3.28.